The number of amides is 2. The lowest BCUT2D eigenvalue weighted by atomic mass is 10.0. The lowest BCUT2D eigenvalue weighted by Crippen LogP contribution is -2.52. The van der Waals surface area contributed by atoms with E-state index in [-0.39, 0.29) is 23.4 Å². The Morgan fingerprint density at radius 2 is 1.97 bits per heavy atom. The Hall–Kier alpha value is -4.67. The smallest absolute Gasteiger partial charge is 0.337 e. The molecule has 1 saturated heterocycles. The molecule has 0 aliphatic carbocycles. The minimum Gasteiger partial charge on any atom is -0.337 e. The molecule has 0 radical (unpaired) electrons. The number of nitriles is 1. The molecule has 1 fully saturated rings. The van der Waals surface area contributed by atoms with Gasteiger partial charge in [-0.15, -0.1) is 0 Å². The molecule has 0 spiro atoms. The van der Waals surface area contributed by atoms with Crippen molar-refractivity contribution in [1.29, 1.82) is 5.26 Å². The van der Waals surface area contributed by atoms with Crippen LogP contribution in [0.4, 0.5) is 19.5 Å². The Kier molecular flexibility index (Phi) is 6.34. The monoisotopic (exact) mass is 508 g/mol. The third-order valence-electron chi connectivity index (χ3n) is 6.28. The molecule has 0 saturated carbocycles. The molecular weight excluding hydrogens is 486 g/mol. The van der Waals surface area contributed by atoms with E-state index in [0.717, 1.165) is 16.9 Å². The molecule has 2 aromatic heterocycles. The first-order valence-electron chi connectivity index (χ1n) is 11.6. The average molecular weight is 508 g/mol. The molecule has 0 unspecified atom stereocenters. The molecular formula is C23H22F2N10O2. The molecule has 12 nitrogen and oxygen atoms in total. The first-order chi connectivity index (χ1) is 17.9. The molecule has 0 bridgehead atoms. The number of benzene rings is 1. The van der Waals surface area contributed by atoms with Crippen LogP contribution in [0.2, 0.25) is 0 Å². The van der Waals surface area contributed by atoms with E-state index in [1.807, 2.05) is 6.07 Å². The highest BCUT2D eigenvalue weighted by Gasteiger charge is 2.34. The molecule has 5 rings (SSSR count). The summed E-state index contributed by atoms with van der Waals surface area (Å²) in [6.07, 6.45) is 4.29. The van der Waals surface area contributed by atoms with Crippen LogP contribution in [-0.2, 0) is 6.54 Å². The fraction of sp³-hybridized carbons (Fsp3) is 0.348. The van der Waals surface area contributed by atoms with Gasteiger partial charge in [0.25, 0.3) is 0 Å². The van der Waals surface area contributed by atoms with Gasteiger partial charge in [0.05, 0.1) is 23.9 Å². The van der Waals surface area contributed by atoms with E-state index < -0.39 is 23.4 Å². The minimum atomic E-state index is -0.782. The van der Waals surface area contributed by atoms with Crippen molar-refractivity contribution in [2.24, 2.45) is 5.10 Å². The van der Waals surface area contributed by atoms with Crippen molar-refractivity contribution in [3.05, 3.63) is 64.0 Å². The summed E-state index contributed by atoms with van der Waals surface area (Å²) in [4.78, 5) is 37.3. The summed E-state index contributed by atoms with van der Waals surface area (Å²) in [5.74, 6) is -1.37. The van der Waals surface area contributed by atoms with Crippen molar-refractivity contribution in [3.63, 3.8) is 0 Å². The average Bonchev–Trinajstić information content (AvgIpc) is 3.55. The van der Waals surface area contributed by atoms with Crippen molar-refractivity contribution in [2.75, 3.05) is 31.1 Å². The number of piperazine rings is 1. The van der Waals surface area contributed by atoms with Crippen LogP contribution >= 0.6 is 0 Å². The van der Waals surface area contributed by atoms with E-state index in [4.69, 9.17) is 5.26 Å². The number of aromatic nitrogens is 5. The molecule has 3 aromatic rings. The van der Waals surface area contributed by atoms with Gasteiger partial charge >= 0.3 is 11.7 Å². The first kappa shape index (κ1) is 24.0. The quantitative estimate of drug-likeness (QED) is 0.524. The van der Waals surface area contributed by atoms with Crippen molar-refractivity contribution < 1.29 is 13.6 Å². The molecule has 37 heavy (non-hydrogen) atoms. The van der Waals surface area contributed by atoms with Gasteiger partial charge in [0.2, 0.25) is 5.95 Å². The summed E-state index contributed by atoms with van der Waals surface area (Å²) in [5, 5.41) is 18.6. The molecule has 2 amide bonds. The van der Waals surface area contributed by atoms with Crippen molar-refractivity contribution in [2.45, 2.75) is 25.9 Å². The number of carbonyl (C=O) groups is 1. The Morgan fingerprint density at radius 3 is 2.68 bits per heavy atom. The van der Waals surface area contributed by atoms with Crippen LogP contribution in [0.15, 0.2) is 40.6 Å². The Bertz CT molecular complexity index is 1470. The van der Waals surface area contributed by atoms with Gasteiger partial charge in [-0.1, -0.05) is 0 Å². The summed E-state index contributed by atoms with van der Waals surface area (Å²) in [5.41, 5.74) is 0.154. The van der Waals surface area contributed by atoms with Crippen LogP contribution in [0.25, 0.3) is 5.82 Å². The number of carbonyl (C=O) groups excluding carboxylic acids is 1. The van der Waals surface area contributed by atoms with E-state index in [1.165, 1.54) is 22.0 Å². The maximum atomic E-state index is 14.4. The second-order valence-electron chi connectivity index (χ2n) is 8.49. The highest BCUT2D eigenvalue weighted by molar-refractivity contribution is 5.78. The van der Waals surface area contributed by atoms with Crippen LogP contribution in [-0.4, -0.2) is 72.6 Å². The number of hydrogen-bond donors (Lipinski definition) is 0. The van der Waals surface area contributed by atoms with Gasteiger partial charge in [-0.2, -0.15) is 25.1 Å². The van der Waals surface area contributed by atoms with E-state index in [1.54, 1.807) is 29.0 Å². The fourth-order valence-corrected chi connectivity index (χ4v) is 4.33. The lowest BCUT2D eigenvalue weighted by Gasteiger charge is -2.37. The fourth-order valence-electron chi connectivity index (χ4n) is 4.33. The van der Waals surface area contributed by atoms with Gasteiger partial charge in [-0.05, 0) is 30.7 Å². The molecule has 190 valence electrons. The number of anilines is 1. The number of urea groups is 1. The maximum absolute atomic E-state index is 14.4. The van der Waals surface area contributed by atoms with Crippen molar-refractivity contribution in [1.82, 2.24) is 34.2 Å². The van der Waals surface area contributed by atoms with E-state index in [0.29, 0.717) is 44.7 Å². The van der Waals surface area contributed by atoms with E-state index in [9.17, 15) is 18.4 Å². The van der Waals surface area contributed by atoms with Gasteiger partial charge in [-0.25, -0.2) is 28.4 Å². The zero-order valence-electron chi connectivity index (χ0n) is 19.8. The van der Waals surface area contributed by atoms with Gasteiger partial charge < -0.3 is 9.80 Å². The Balaban J connectivity index is 1.29. The molecule has 2 aliphatic rings. The maximum Gasteiger partial charge on any atom is 0.352 e. The second-order valence-corrected chi connectivity index (χ2v) is 8.49. The van der Waals surface area contributed by atoms with Crippen LogP contribution in [0.3, 0.4) is 0 Å². The number of hydrogen-bond acceptors (Lipinski definition) is 8. The predicted octanol–water partition coefficient (Wildman–Crippen LogP) is 1.67. The second kappa shape index (κ2) is 9.76. The SMILES string of the molecule is CCn1cnn(-c2nc(N3CCN(C(=O)N4N=CC[C@H]4c4cc(F)cc(C#N)c4)CC3)ncc2F)c1=O. The third kappa shape index (κ3) is 4.51. The van der Waals surface area contributed by atoms with Crippen molar-refractivity contribution in [3.8, 4) is 11.9 Å². The first-order valence-corrected chi connectivity index (χ1v) is 11.6. The van der Waals surface area contributed by atoms with Crippen LogP contribution in [0.5, 0.6) is 0 Å². The number of halogens is 2. The molecule has 0 N–H and O–H groups in total. The predicted molar refractivity (Wildman–Crippen MR) is 127 cm³/mol. The molecule has 1 aromatic carbocycles. The van der Waals surface area contributed by atoms with Crippen molar-refractivity contribution >= 4 is 18.2 Å². The minimum absolute atomic E-state index is 0.172. The van der Waals surface area contributed by atoms with Crippen LogP contribution in [0.1, 0.15) is 30.5 Å². The van der Waals surface area contributed by atoms with E-state index in [2.05, 4.69) is 20.2 Å². The van der Waals surface area contributed by atoms with Gasteiger partial charge in [0.15, 0.2) is 11.6 Å². The highest BCUT2D eigenvalue weighted by Crippen LogP contribution is 2.30. The summed E-state index contributed by atoms with van der Waals surface area (Å²) in [6.45, 7) is 3.49. The number of aryl methyl sites for hydroxylation is 1. The Labute approximate surface area is 209 Å². The van der Waals surface area contributed by atoms with Gasteiger partial charge in [0, 0.05) is 45.4 Å². The third-order valence-corrected chi connectivity index (χ3v) is 6.28. The standard InChI is InChI=1S/C23H22F2N10O2/c1-2-31-14-29-35(22(31)36)20-18(25)13-27-21(30-20)32-5-7-33(8-6-32)23(37)34-19(3-4-28-34)16-9-15(12-26)10-17(24)11-16/h4,9-11,13-14,19H,2-3,5-8H2,1H3/t19-/m0/s1. The van der Waals surface area contributed by atoms with Crippen LogP contribution in [0, 0.1) is 23.0 Å². The number of hydrazone groups is 1. The summed E-state index contributed by atoms with van der Waals surface area (Å²) >= 11 is 0. The Morgan fingerprint density at radius 1 is 1.19 bits per heavy atom. The largest absolute Gasteiger partial charge is 0.352 e. The topological polar surface area (TPSA) is 129 Å². The normalized spacial score (nSPS) is 17.4. The van der Waals surface area contributed by atoms with Gasteiger partial charge in [-0.3, -0.25) is 4.57 Å². The highest BCUT2D eigenvalue weighted by atomic mass is 19.1. The zero-order chi connectivity index (χ0) is 26.1. The lowest BCUT2D eigenvalue weighted by molar-refractivity contribution is 0.139. The molecule has 4 heterocycles. The molecule has 14 heteroatoms. The number of rotatable bonds is 4. The molecule has 2 aliphatic heterocycles. The number of nitrogens with zero attached hydrogens (tertiary/aromatic N) is 10. The summed E-state index contributed by atoms with van der Waals surface area (Å²) in [6, 6.07) is 5.06. The van der Waals surface area contributed by atoms with Crippen LogP contribution < -0.4 is 10.6 Å². The molecule has 1 atom stereocenters. The summed E-state index contributed by atoms with van der Waals surface area (Å²) in [7, 11) is 0. The summed E-state index contributed by atoms with van der Waals surface area (Å²) < 4.78 is 30.6. The zero-order valence-corrected chi connectivity index (χ0v) is 19.8. The van der Waals surface area contributed by atoms with Gasteiger partial charge in [0.1, 0.15) is 12.1 Å². The van der Waals surface area contributed by atoms with E-state index >= 15 is 0 Å².